The van der Waals surface area contributed by atoms with Crippen molar-refractivity contribution in [2.75, 3.05) is 6.54 Å². The van der Waals surface area contributed by atoms with Crippen LogP contribution in [0, 0.1) is 13.8 Å². The molecule has 4 aromatic rings. The van der Waals surface area contributed by atoms with Crippen LogP contribution in [-0.4, -0.2) is 32.0 Å². The Morgan fingerprint density at radius 2 is 1.87 bits per heavy atom. The minimum absolute atomic E-state index is 0.635. The van der Waals surface area contributed by atoms with E-state index >= 15 is 0 Å². The summed E-state index contributed by atoms with van der Waals surface area (Å²) in [6, 6.07) is 15.6. The molecule has 5 heteroatoms. The van der Waals surface area contributed by atoms with E-state index in [9.17, 15) is 0 Å². The van der Waals surface area contributed by atoms with Gasteiger partial charge in [0, 0.05) is 24.7 Å². The predicted octanol–water partition coefficient (Wildman–Crippen LogP) is 5.34. The Labute approximate surface area is 177 Å². The van der Waals surface area contributed by atoms with E-state index in [-0.39, 0.29) is 0 Å². The van der Waals surface area contributed by atoms with Crippen LogP contribution in [0.2, 0.25) is 0 Å². The molecule has 2 aromatic heterocycles. The largest absolute Gasteiger partial charge is 0.444 e. The third-order valence-corrected chi connectivity index (χ3v) is 6.24. The molecule has 0 aliphatic carbocycles. The van der Waals surface area contributed by atoms with E-state index in [4.69, 9.17) is 14.4 Å². The highest BCUT2D eigenvalue weighted by atomic mass is 16.3. The highest BCUT2D eigenvalue weighted by Gasteiger charge is 2.21. The molecule has 0 amide bonds. The van der Waals surface area contributed by atoms with E-state index < -0.39 is 0 Å². The Morgan fingerprint density at radius 1 is 1.03 bits per heavy atom. The molecule has 1 fully saturated rings. The molecule has 30 heavy (non-hydrogen) atoms. The first-order chi connectivity index (χ1) is 14.6. The third-order valence-electron chi connectivity index (χ3n) is 6.24. The molecular formula is C25H28N4O. The second-order valence-electron chi connectivity index (χ2n) is 8.54. The van der Waals surface area contributed by atoms with Crippen LogP contribution < -0.4 is 0 Å². The average Bonchev–Trinajstić information content (AvgIpc) is 3.43. The highest BCUT2D eigenvalue weighted by Crippen LogP contribution is 2.24. The zero-order valence-electron chi connectivity index (χ0n) is 17.9. The first kappa shape index (κ1) is 19.1. The van der Waals surface area contributed by atoms with E-state index in [1.54, 1.807) is 6.26 Å². The van der Waals surface area contributed by atoms with Gasteiger partial charge in [0.15, 0.2) is 0 Å². The third kappa shape index (κ3) is 3.65. The summed E-state index contributed by atoms with van der Waals surface area (Å²) < 4.78 is 8.05. The van der Waals surface area contributed by atoms with E-state index in [0.717, 1.165) is 42.2 Å². The van der Waals surface area contributed by atoms with Crippen molar-refractivity contribution in [1.82, 2.24) is 19.4 Å². The van der Waals surface area contributed by atoms with Crippen molar-refractivity contribution in [3.63, 3.8) is 0 Å². The molecule has 0 saturated carbocycles. The smallest absolute Gasteiger partial charge is 0.226 e. The molecule has 1 atom stereocenters. The van der Waals surface area contributed by atoms with E-state index in [0.29, 0.717) is 11.9 Å². The lowest BCUT2D eigenvalue weighted by molar-refractivity contribution is 0.257. The zero-order chi connectivity index (χ0) is 20.7. The van der Waals surface area contributed by atoms with Crippen LogP contribution in [0.25, 0.3) is 22.5 Å². The number of rotatable bonds is 5. The first-order valence-corrected chi connectivity index (χ1v) is 10.8. The number of hydrogen-bond donors (Lipinski definition) is 0. The average molecular weight is 401 g/mol. The monoisotopic (exact) mass is 400 g/mol. The summed E-state index contributed by atoms with van der Waals surface area (Å²) in [5, 5.41) is 0. The Kier molecular flexibility index (Phi) is 4.91. The molecule has 3 heterocycles. The second-order valence-corrected chi connectivity index (χ2v) is 8.54. The number of aromatic nitrogens is 3. The molecule has 0 bridgehead atoms. The Morgan fingerprint density at radius 3 is 2.63 bits per heavy atom. The summed E-state index contributed by atoms with van der Waals surface area (Å²) in [6.45, 7) is 9.29. The van der Waals surface area contributed by atoms with Crippen LogP contribution in [0.15, 0.2) is 53.1 Å². The fourth-order valence-electron chi connectivity index (χ4n) is 4.44. The molecule has 154 valence electrons. The molecule has 0 radical (unpaired) electrons. The number of oxazole rings is 1. The van der Waals surface area contributed by atoms with Gasteiger partial charge in [0.25, 0.3) is 0 Å². The summed E-state index contributed by atoms with van der Waals surface area (Å²) >= 11 is 0. The molecule has 5 nitrogen and oxygen atoms in total. The Hall–Kier alpha value is -2.92. The summed E-state index contributed by atoms with van der Waals surface area (Å²) in [5.41, 5.74) is 6.74. The summed E-state index contributed by atoms with van der Waals surface area (Å²) in [7, 11) is 0. The van der Waals surface area contributed by atoms with Gasteiger partial charge in [-0.25, -0.2) is 9.97 Å². The van der Waals surface area contributed by atoms with Gasteiger partial charge in [0.1, 0.15) is 12.1 Å². The minimum atomic E-state index is 0.635. The fourth-order valence-corrected chi connectivity index (χ4v) is 4.44. The number of fused-ring (bicyclic) bond motifs is 1. The normalized spacial score (nSPS) is 17.2. The van der Waals surface area contributed by atoms with Crippen molar-refractivity contribution in [2.24, 2.45) is 0 Å². The van der Waals surface area contributed by atoms with Crippen LogP contribution in [0.4, 0.5) is 0 Å². The Balaban J connectivity index is 1.32. The van der Waals surface area contributed by atoms with Gasteiger partial charge in [-0.05, 0) is 75.5 Å². The van der Waals surface area contributed by atoms with Crippen LogP contribution in [-0.2, 0) is 13.1 Å². The second kappa shape index (κ2) is 7.73. The van der Waals surface area contributed by atoms with Gasteiger partial charge >= 0.3 is 0 Å². The summed E-state index contributed by atoms with van der Waals surface area (Å²) in [4.78, 5) is 11.9. The van der Waals surface area contributed by atoms with Gasteiger partial charge in [0.05, 0.1) is 16.7 Å². The molecule has 5 rings (SSSR count). The van der Waals surface area contributed by atoms with E-state index in [1.807, 2.05) is 0 Å². The van der Waals surface area contributed by atoms with Gasteiger partial charge in [0.2, 0.25) is 5.89 Å². The maximum Gasteiger partial charge on any atom is 0.226 e. The highest BCUT2D eigenvalue weighted by molar-refractivity contribution is 5.77. The molecular weight excluding hydrogens is 372 g/mol. The van der Waals surface area contributed by atoms with Crippen LogP contribution in [0.3, 0.4) is 0 Å². The molecule has 0 N–H and O–H groups in total. The van der Waals surface area contributed by atoms with Gasteiger partial charge in [-0.15, -0.1) is 0 Å². The van der Waals surface area contributed by atoms with Gasteiger partial charge in [-0.3, -0.25) is 4.90 Å². The number of likely N-dealkylation sites (tertiary alicyclic amines) is 1. The van der Waals surface area contributed by atoms with Crippen molar-refractivity contribution < 1.29 is 4.42 Å². The molecule has 0 spiro atoms. The molecule has 0 unspecified atom stereocenters. The fraction of sp³-hybridized carbons (Fsp3) is 0.360. The van der Waals surface area contributed by atoms with Crippen LogP contribution in [0.5, 0.6) is 0 Å². The van der Waals surface area contributed by atoms with E-state index in [2.05, 4.69) is 72.7 Å². The van der Waals surface area contributed by atoms with Crippen LogP contribution >= 0.6 is 0 Å². The molecule has 1 saturated heterocycles. The van der Waals surface area contributed by atoms with Gasteiger partial charge < -0.3 is 8.98 Å². The summed E-state index contributed by atoms with van der Waals surface area (Å²) in [6.07, 6.45) is 4.35. The van der Waals surface area contributed by atoms with Crippen molar-refractivity contribution >= 4 is 11.0 Å². The number of hydrogen-bond acceptors (Lipinski definition) is 4. The minimum Gasteiger partial charge on any atom is -0.444 e. The predicted molar refractivity (Wildman–Crippen MR) is 119 cm³/mol. The maximum atomic E-state index is 5.78. The number of aryl methyl sites for hydroxylation is 2. The summed E-state index contributed by atoms with van der Waals surface area (Å²) in [5.74, 6) is 1.73. The van der Waals surface area contributed by atoms with Gasteiger partial charge in [-0.2, -0.15) is 0 Å². The van der Waals surface area contributed by atoms with Crippen molar-refractivity contribution in [3.8, 4) is 11.5 Å². The molecule has 1 aliphatic rings. The Bertz CT molecular complexity index is 1170. The van der Waals surface area contributed by atoms with Crippen molar-refractivity contribution in [2.45, 2.75) is 52.7 Å². The van der Waals surface area contributed by atoms with E-state index in [1.165, 1.54) is 29.5 Å². The zero-order valence-corrected chi connectivity index (χ0v) is 17.9. The van der Waals surface area contributed by atoms with Gasteiger partial charge in [-0.1, -0.05) is 18.2 Å². The number of imidazole rings is 1. The first-order valence-electron chi connectivity index (χ1n) is 10.8. The lowest BCUT2D eigenvalue weighted by Crippen LogP contribution is -2.26. The topological polar surface area (TPSA) is 47.1 Å². The number of benzene rings is 2. The molecule has 2 aromatic carbocycles. The quantitative estimate of drug-likeness (QED) is 0.454. The number of nitrogens with zero attached hydrogens (tertiary/aromatic N) is 4. The van der Waals surface area contributed by atoms with Crippen molar-refractivity contribution in [1.29, 1.82) is 0 Å². The lowest BCUT2D eigenvalue weighted by atomic mass is 10.1. The SMILES string of the molecule is Cc1ccc2c(c1)nc(C)n2Cc1ccc(-c2nc(CN3CCC[C@@H]3C)co2)cc1. The standard InChI is InChI=1S/C25H28N4O/c1-17-6-11-24-23(13-17)26-19(3)29(24)14-20-7-9-21(10-8-20)25-27-22(16-30-25)15-28-12-4-5-18(28)2/h6-11,13,16,18H,4-5,12,14-15H2,1-3H3/t18-/m0/s1. The molecule has 1 aliphatic heterocycles. The lowest BCUT2D eigenvalue weighted by Gasteiger charge is -2.18. The van der Waals surface area contributed by atoms with Crippen molar-refractivity contribution in [3.05, 3.63) is 71.4 Å². The van der Waals surface area contributed by atoms with Crippen LogP contribution in [0.1, 0.15) is 42.4 Å². The maximum absolute atomic E-state index is 5.78.